The lowest BCUT2D eigenvalue weighted by atomic mass is 10.4. The Labute approximate surface area is 109 Å². The summed E-state index contributed by atoms with van der Waals surface area (Å²) < 4.78 is 7.60. The lowest BCUT2D eigenvalue weighted by Crippen LogP contribution is -2.02. The molecule has 2 N–H and O–H groups in total. The minimum Gasteiger partial charge on any atom is -0.484 e. The van der Waals surface area contributed by atoms with Crippen molar-refractivity contribution in [3.8, 4) is 5.75 Å². The molecule has 3 aromatic heterocycles. The molecule has 6 nitrogen and oxygen atoms in total. The van der Waals surface area contributed by atoms with E-state index in [1.165, 1.54) is 0 Å². The van der Waals surface area contributed by atoms with Crippen molar-refractivity contribution in [1.29, 1.82) is 0 Å². The van der Waals surface area contributed by atoms with Crippen LogP contribution >= 0.6 is 0 Å². The van der Waals surface area contributed by atoms with Crippen LogP contribution in [-0.4, -0.2) is 19.4 Å². The third kappa shape index (κ3) is 2.33. The standard InChI is InChI=1S/C13H13N5O/c1-9-11(6-15-13(14)16-9)19-8-10-7-18-5-3-2-4-12(18)17-10/h2-7H,8H2,1H3,(H2,14,15,16). The summed E-state index contributed by atoms with van der Waals surface area (Å²) in [5, 5.41) is 0. The zero-order valence-electron chi connectivity index (χ0n) is 10.4. The molecular formula is C13H13N5O. The zero-order valence-corrected chi connectivity index (χ0v) is 10.4. The molecule has 6 heteroatoms. The first kappa shape index (κ1) is 11.5. The number of imidazole rings is 1. The molecule has 3 rings (SSSR count). The Kier molecular flexibility index (Phi) is 2.75. The first-order valence-corrected chi connectivity index (χ1v) is 5.87. The normalized spacial score (nSPS) is 10.8. The van der Waals surface area contributed by atoms with Crippen LogP contribution in [-0.2, 0) is 6.61 Å². The van der Waals surface area contributed by atoms with Gasteiger partial charge in [-0.3, -0.25) is 0 Å². The number of nitrogen functional groups attached to an aromatic ring is 1. The van der Waals surface area contributed by atoms with E-state index in [0.717, 1.165) is 17.0 Å². The van der Waals surface area contributed by atoms with Crippen LogP contribution in [0.4, 0.5) is 5.95 Å². The number of aryl methyl sites for hydroxylation is 1. The van der Waals surface area contributed by atoms with Crippen molar-refractivity contribution in [2.45, 2.75) is 13.5 Å². The molecule has 19 heavy (non-hydrogen) atoms. The molecule has 0 atom stereocenters. The molecule has 0 bridgehead atoms. The Morgan fingerprint density at radius 1 is 1.32 bits per heavy atom. The quantitative estimate of drug-likeness (QED) is 0.769. The number of rotatable bonds is 3. The average Bonchev–Trinajstić information content (AvgIpc) is 2.80. The molecule has 0 aliphatic carbocycles. The van der Waals surface area contributed by atoms with Gasteiger partial charge in [0.2, 0.25) is 5.95 Å². The Balaban J connectivity index is 1.78. The van der Waals surface area contributed by atoms with Gasteiger partial charge in [-0.25, -0.2) is 15.0 Å². The maximum atomic E-state index is 5.65. The van der Waals surface area contributed by atoms with Gasteiger partial charge in [0.15, 0.2) is 5.75 Å². The summed E-state index contributed by atoms with van der Waals surface area (Å²) in [5.74, 6) is 0.865. The third-order valence-electron chi connectivity index (χ3n) is 2.74. The van der Waals surface area contributed by atoms with Gasteiger partial charge in [0.1, 0.15) is 12.3 Å². The third-order valence-corrected chi connectivity index (χ3v) is 2.74. The highest BCUT2D eigenvalue weighted by Crippen LogP contribution is 2.16. The summed E-state index contributed by atoms with van der Waals surface area (Å²) in [6.07, 6.45) is 5.46. The molecule has 0 unspecified atom stereocenters. The summed E-state index contributed by atoms with van der Waals surface area (Å²) in [6.45, 7) is 2.20. The van der Waals surface area contributed by atoms with Gasteiger partial charge in [-0.15, -0.1) is 0 Å². The number of ether oxygens (including phenoxy) is 1. The molecule has 3 heterocycles. The smallest absolute Gasteiger partial charge is 0.220 e. The summed E-state index contributed by atoms with van der Waals surface area (Å²) in [7, 11) is 0. The number of aromatic nitrogens is 4. The molecule has 3 aromatic rings. The Morgan fingerprint density at radius 3 is 3.00 bits per heavy atom. The number of nitrogens with zero attached hydrogens (tertiary/aromatic N) is 4. The largest absolute Gasteiger partial charge is 0.484 e. The van der Waals surface area contributed by atoms with Crippen LogP contribution in [0.2, 0.25) is 0 Å². The van der Waals surface area contributed by atoms with Crippen molar-refractivity contribution in [3.63, 3.8) is 0 Å². The highest BCUT2D eigenvalue weighted by Gasteiger charge is 2.05. The van der Waals surface area contributed by atoms with E-state index in [1.54, 1.807) is 6.20 Å². The van der Waals surface area contributed by atoms with Crippen molar-refractivity contribution in [3.05, 3.63) is 48.2 Å². The number of anilines is 1. The highest BCUT2D eigenvalue weighted by molar-refractivity contribution is 5.39. The van der Waals surface area contributed by atoms with Gasteiger partial charge < -0.3 is 14.9 Å². The summed E-state index contributed by atoms with van der Waals surface area (Å²) in [5.41, 5.74) is 7.96. The first-order valence-electron chi connectivity index (χ1n) is 5.87. The van der Waals surface area contributed by atoms with Crippen molar-refractivity contribution in [2.75, 3.05) is 5.73 Å². The minimum absolute atomic E-state index is 0.248. The maximum Gasteiger partial charge on any atom is 0.220 e. The number of pyridine rings is 1. The average molecular weight is 255 g/mol. The second-order valence-electron chi connectivity index (χ2n) is 4.16. The van der Waals surface area contributed by atoms with Gasteiger partial charge in [0.05, 0.1) is 17.6 Å². The van der Waals surface area contributed by atoms with Crippen LogP contribution < -0.4 is 10.5 Å². The van der Waals surface area contributed by atoms with Crippen molar-refractivity contribution in [2.24, 2.45) is 0 Å². The van der Waals surface area contributed by atoms with Gasteiger partial charge in [-0.1, -0.05) is 6.07 Å². The van der Waals surface area contributed by atoms with E-state index in [4.69, 9.17) is 10.5 Å². The second kappa shape index (κ2) is 4.56. The molecule has 0 aliphatic heterocycles. The van der Waals surface area contributed by atoms with E-state index < -0.39 is 0 Å². The summed E-state index contributed by atoms with van der Waals surface area (Å²) in [4.78, 5) is 12.4. The molecule has 0 fully saturated rings. The predicted octanol–water partition coefficient (Wildman–Crippen LogP) is 1.59. The topological polar surface area (TPSA) is 78.3 Å². The Morgan fingerprint density at radius 2 is 2.21 bits per heavy atom. The van der Waals surface area contributed by atoms with Crippen molar-refractivity contribution in [1.82, 2.24) is 19.4 Å². The molecule has 0 amide bonds. The van der Waals surface area contributed by atoms with E-state index in [2.05, 4.69) is 15.0 Å². The van der Waals surface area contributed by atoms with E-state index in [1.807, 2.05) is 41.9 Å². The van der Waals surface area contributed by atoms with E-state index in [9.17, 15) is 0 Å². The number of nitrogens with two attached hydrogens (primary N) is 1. The molecule has 0 saturated carbocycles. The number of hydrogen-bond acceptors (Lipinski definition) is 5. The van der Waals surface area contributed by atoms with Crippen LogP contribution in [0.1, 0.15) is 11.4 Å². The minimum atomic E-state index is 0.248. The number of fused-ring (bicyclic) bond motifs is 1. The molecular weight excluding hydrogens is 242 g/mol. The molecule has 96 valence electrons. The van der Waals surface area contributed by atoms with Gasteiger partial charge in [-0.05, 0) is 19.1 Å². The van der Waals surface area contributed by atoms with E-state index in [-0.39, 0.29) is 5.95 Å². The Bertz CT molecular complexity index is 689. The van der Waals surface area contributed by atoms with Crippen molar-refractivity contribution < 1.29 is 4.74 Å². The first-order chi connectivity index (χ1) is 9.22. The SMILES string of the molecule is Cc1nc(N)ncc1OCc1cn2ccccc2n1. The Hall–Kier alpha value is -2.63. The molecule has 0 aromatic carbocycles. The van der Waals surface area contributed by atoms with Gasteiger partial charge >= 0.3 is 0 Å². The molecule has 0 saturated heterocycles. The van der Waals surface area contributed by atoms with Crippen LogP contribution in [0.25, 0.3) is 5.65 Å². The van der Waals surface area contributed by atoms with Gasteiger partial charge in [0, 0.05) is 12.4 Å². The summed E-state index contributed by atoms with van der Waals surface area (Å²) in [6, 6.07) is 5.85. The summed E-state index contributed by atoms with van der Waals surface area (Å²) >= 11 is 0. The van der Waals surface area contributed by atoms with Gasteiger partial charge in [-0.2, -0.15) is 0 Å². The van der Waals surface area contributed by atoms with Crippen LogP contribution in [0, 0.1) is 6.92 Å². The predicted molar refractivity (Wildman–Crippen MR) is 70.7 cm³/mol. The fourth-order valence-electron chi connectivity index (χ4n) is 1.82. The lowest BCUT2D eigenvalue weighted by Gasteiger charge is -2.06. The van der Waals surface area contributed by atoms with E-state index in [0.29, 0.717) is 12.4 Å². The van der Waals surface area contributed by atoms with Gasteiger partial charge in [0.25, 0.3) is 0 Å². The lowest BCUT2D eigenvalue weighted by molar-refractivity contribution is 0.297. The fourth-order valence-corrected chi connectivity index (χ4v) is 1.82. The molecule has 0 radical (unpaired) electrons. The van der Waals surface area contributed by atoms with Crippen LogP contribution in [0.3, 0.4) is 0 Å². The second-order valence-corrected chi connectivity index (χ2v) is 4.16. The van der Waals surface area contributed by atoms with Crippen LogP contribution in [0.15, 0.2) is 36.8 Å². The monoisotopic (exact) mass is 255 g/mol. The van der Waals surface area contributed by atoms with E-state index >= 15 is 0 Å². The number of hydrogen-bond donors (Lipinski definition) is 1. The van der Waals surface area contributed by atoms with Crippen LogP contribution in [0.5, 0.6) is 5.75 Å². The zero-order chi connectivity index (χ0) is 13.2. The van der Waals surface area contributed by atoms with Crippen molar-refractivity contribution >= 4 is 11.6 Å². The fraction of sp³-hybridized carbons (Fsp3) is 0.154. The molecule has 0 spiro atoms. The maximum absolute atomic E-state index is 5.65. The highest BCUT2D eigenvalue weighted by atomic mass is 16.5. The molecule has 0 aliphatic rings.